The number of nitrogens with one attached hydrogen (secondary N) is 1. The van der Waals surface area contributed by atoms with E-state index in [0.717, 1.165) is 24.1 Å². The molecular formula is C13H16N2O2. The first-order valence-electron chi connectivity index (χ1n) is 6.03. The number of aliphatic hydroxyl groups excluding tert-OH is 1. The molecule has 1 spiro atoms. The van der Waals surface area contributed by atoms with E-state index in [-0.39, 0.29) is 18.1 Å². The van der Waals surface area contributed by atoms with Crippen molar-refractivity contribution in [2.75, 3.05) is 5.01 Å². The van der Waals surface area contributed by atoms with Crippen molar-refractivity contribution in [2.24, 2.45) is 0 Å². The number of hydrazine groups is 1. The van der Waals surface area contributed by atoms with Crippen LogP contribution in [0.5, 0.6) is 0 Å². The maximum absolute atomic E-state index is 12.0. The highest BCUT2D eigenvalue weighted by molar-refractivity contribution is 5.95. The van der Waals surface area contributed by atoms with Crippen LogP contribution in [0.1, 0.15) is 31.2 Å². The van der Waals surface area contributed by atoms with Crippen LogP contribution in [0.3, 0.4) is 0 Å². The van der Waals surface area contributed by atoms with E-state index in [1.165, 1.54) is 6.42 Å². The average Bonchev–Trinajstić information content (AvgIpc) is 2.67. The van der Waals surface area contributed by atoms with Gasteiger partial charge in [-0.1, -0.05) is 12.1 Å². The minimum absolute atomic E-state index is 0.00101. The Bertz CT molecular complexity index is 454. The molecule has 4 heteroatoms. The van der Waals surface area contributed by atoms with Crippen molar-refractivity contribution in [2.45, 2.75) is 37.8 Å². The Kier molecular flexibility index (Phi) is 2.42. The molecule has 0 atom stereocenters. The summed E-state index contributed by atoms with van der Waals surface area (Å²) in [4.78, 5) is 12.0. The molecule has 90 valence electrons. The molecule has 1 saturated heterocycles. The Labute approximate surface area is 100 Å². The summed E-state index contributed by atoms with van der Waals surface area (Å²) in [6, 6.07) is 7.45. The van der Waals surface area contributed by atoms with Crippen LogP contribution < -0.4 is 10.4 Å². The second-order valence-electron chi connectivity index (χ2n) is 4.98. The van der Waals surface area contributed by atoms with Crippen LogP contribution in [-0.2, 0) is 11.4 Å². The molecule has 0 bridgehead atoms. The van der Waals surface area contributed by atoms with Gasteiger partial charge in [0.1, 0.15) is 0 Å². The van der Waals surface area contributed by atoms with Gasteiger partial charge in [-0.25, -0.2) is 10.4 Å². The molecule has 2 fully saturated rings. The van der Waals surface area contributed by atoms with Crippen molar-refractivity contribution >= 4 is 11.6 Å². The second-order valence-corrected chi connectivity index (χ2v) is 4.98. The molecule has 1 aromatic rings. The van der Waals surface area contributed by atoms with E-state index < -0.39 is 0 Å². The number of aliphatic hydroxyl groups is 1. The third-order valence-electron chi connectivity index (χ3n) is 3.75. The lowest BCUT2D eigenvalue weighted by atomic mass is 9.76. The zero-order valence-corrected chi connectivity index (χ0v) is 9.65. The van der Waals surface area contributed by atoms with Crippen LogP contribution >= 0.6 is 0 Å². The third kappa shape index (κ3) is 1.73. The molecule has 0 aromatic heterocycles. The van der Waals surface area contributed by atoms with E-state index in [2.05, 4.69) is 5.43 Å². The highest BCUT2D eigenvalue weighted by Gasteiger charge is 2.47. The number of hydrogen-bond acceptors (Lipinski definition) is 3. The lowest BCUT2D eigenvalue weighted by Crippen LogP contribution is -2.50. The smallest absolute Gasteiger partial charge is 0.243 e. The summed E-state index contributed by atoms with van der Waals surface area (Å²) in [6.45, 7) is 0.00101. The van der Waals surface area contributed by atoms with Crippen molar-refractivity contribution in [3.63, 3.8) is 0 Å². The summed E-state index contributed by atoms with van der Waals surface area (Å²) in [5.41, 5.74) is 4.99. The van der Waals surface area contributed by atoms with E-state index in [1.807, 2.05) is 24.3 Å². The number of amides is 1. The van der Waals surface area contributed by atoms with E-state index in [1.54, 1.807) is 5.01 Å². The first kappa shape index (κ1) is 10.7. The first-order valence-corrected chi connectivity index (χ1v) is 6.03. The highest BCUT2D eigenvalue weighted by atomic mass is 16.3. The molecule has 0 unspecified atom stereocenters. The van der Waals surface area contributed by atoms with Crippen LogP contribution in [0.4, 0.5) is 5.69 Å². The van der Waals surface area contributed by atoms with Crippen molar-refractivity contribution < 1.29 is 9.90 Å². The van der Waals surface area contributed by atoms with Crippen molar-refractivity contribution in [1.29, 1.82) is 0 Å². The SMILES string of the molecule is O=C1CC2(CCC2)NN1c1cccc(CO)c1. The molecule has 1 saturated carbocycles. The Morgan fingerprint density at radius 3 is 2.82 bits per heavy atom. The molecule has 1 aliphatic heterocycles. The fourth-order valence-corrected chi connectivity index (χ4v) is 2.60. The minimum atomic E-state index is 0.00101. The molecule has 3 rings (SSSR count). The van der Waals surface area contributed by atoms with Gasteiger partial charge < -0.3 is 5.11 Å². The molecule has 2 aliphatic rings. The zero-order chi connectivity index (χ0) is 11.9. The topological polar surface area (TPSA) is 52.6 Å². The number of nitrogens with zero attached hydrogens (tertiary/aromatic N) is 1. The molecule has 1 aromatic carbocycles. The van der Waals surface area contributed by atoms with Crippen LogP contribution in [0.2, 0.25) is 0 Å². The van der Waals surface area contributed by atoms with E-state index in [4.69, 9.17) is 5.11 Å². The van der Waals surface area contributed by atoms with Crippen molar-refractivity contribution in [1.82, 2.24) is 5.43 Å². The van der Waals surface area contributed by atoms with Gasteiger partial charge in [-0.2, -0.15) is 0 Å². The molecule has 1 heterocycles. The van der Waals surface area contributed by atoms with Gasteiger partial charge in [-0.15, -0.1) is 0 Å². The Morgan fingerprint density at radius 1 is 1.41 bits per heavy atom. The highest BCUT2D eigenvalue weighted by Crippen LogP contribution is 2.40. The van der Waals surface area contributed by atoms with Crippen LogP contribution in [0.15, 0.2) is 24.3 Å². The Balaban J connectivity index is 1.86. The van der Waals surface area contributed by atoms with Crippen molar-refractivity contribution in [3.05, 3.63) is 29.8 Å². The fraction of sp³-hybridized carbons (Fsp3) is 0.462. The van der Waals surface area contributed by atoms with Gasteiger partial charge in [0, 0.05) is 12.0 Å². The largest absolute Gasteiger partial charge is 0.392 e. The van der Waals surface area contributed by atoms with Gasteiger partial charge in [-0.3, -0.25) is 4.79 Å². The molecule has 17 heavy (non-hydrogen) atoms. The van der Waals surface area contributed by atoms with Gasteiger partial charge in [0.2, 0.25) is 5.91 Å². The van der Waals surface area contributed by atoms with Crippen LogP contribution in [-0.4, -0.2) is 16.6 Å². The molecule has 0 radical (unpaired) electrons. The summed E-state index contributed by atoms with van der Waals surface area (Å²) in [5, 5.41) is 10.7. The normalized spacial score (nSPS) is 21.9. The zero-order valence-electron chi connectivity index (χ0n) is 9.65. The first-order chi connectivity index (χ1) is 8.22. The van der Waals surface area contributed by atoms with E-state index >= 15 is 0 Å². The van der Waals surface area contributed by atoms with Gasteiger partial charge in [0.05, 0.1) is 12.3 Å². The number of carbonyl (C=O) groups is 1. The lowest BCUT2D eigenvalue weighted by molar-refractivity contribution is -0.117. The standard InChI is InChI=1S/C13H16N2O2/c16-9-10-3-1-4-11(7-10)15-12(17)8-13(14-15)5-2-6-13/h1,3-4,7,14,16H,2,5-6,8-9H2. The van der Waals surface area contributed by atoms with Crippen molar-refractivity contribution in [3.8, 4) is 0 Å². The summed E-state index contributed by atoms with van der Waals surface area (Å²) in [6.07, 6.45) is 3.95. The van der Waals surface area contributed by atoms with E-state index in [9.17, 15) is 4.79 Å². The van der Waals surface area contributed by atoms with E-state index in [0.29, 0.717) is 6.42 Å². The number of carbonyl (C=O) groups excluding carboxylic acids is 1. The summed E-state index contributed by atoms with van der Waals surface area (Å²) in [5.74, 6) is 0.125. The lowest BCUT2D eigenvalue weighted by Gasteiger charge is -2.37. The Hall–Kier alpha value is -1.39. The molecule has 4 nitrogen and oxygen atoms in total. The number of benzene rings is 1. The second kappa shape index (κ2) is 3.82. The Morgan fingerprint density at radius 2 is 2.24 bits per heavy atom. The maximum atomic E-state index is 12.0. The maximum Gasteiger partial charge on any atom is 0.243 e. The minimum Gasteiger partial charge on any atom is -0.392 e. The summed E-state index contributed by atoms with van der Waals surface area (Å²) in [7, 11) is 0. The summed E-state index contributed by atoms with van der Waals surface area (Å²) >= 11 is 0. The number of anilines is 1. The number of hydrogen-bond donors (Lipinski definition) is 2. The third-order valence-corrected chi connectivity index (χ3v) is 3.75. The van der Waals surface area contributed by atoms with Gasteiger partial charge in [-0.05, 0) is 37.0 Å². The van der Waals surface area contributed by atoms with Crippen LogP contribution in [0, 0.1) is 0 Å². The van der Waals surface area contributed by atoms with Gasteiger partial charge in [0.15, 0.2) is 0 Å². The van der Waals surface area contributed by atoms with Gasteiger partial charge >= 0.3 is 0 Å². The molecule has 1 amide bonds. The predicted molar refractivity (Wildman–Crippen MR) is 64.2 cm³/mol. The molecule has 2 N–H and O–H groups in total. The van der Waals surface area contributed by atoms with Gasteiger partial charge in [0.25, 0.3) is 0 Å². The van der Waals surface area contributed by atoms with Crippen LogP contribution in [0.25, 0.3) is 0 Å². The number of rotatable bonds is 2. The quantitative estimate of drug-likeness (QED) is 0.809. The summed E-state index contributed by atoms with van der Waals surface area (Å²) < 4.78 is 0. The monoisotopic (exact) mass is 232 g/mol. The predicted octanol–water partition coefficient (Wildman–Crippen LogP) is 1.34. The average molecular weight is 232 g/mol. The molecular weight excluding hydrogens is 216 g/mol. The fourth-order valence-electron chi connectivity index (χ4n) is 2.60. The molecule has 1 aliphatic carbocycles.